The summed E-state index contributed by atoms with van der Waals surface area (Å²) in [7, 11) is 0. The van der Waals surface area contributed by atoms with Crippen molar-refractivity contribution in [3.05, 3.63) is 66.2 Å². The van der Waals surface area contributed by atoms with Crippen LogP contribution in [0, 0.1) is 0 Å². The highest BCUT2D eigenvalue weighted by Gasteiger charge is 2.26. The molecule has 5 rings (SSSR count). The number of nitrogens with two attached hydrogens (primary N) is 1. The van der Waals surface area contributed by atoms with Crippen LogP contribution in [0.1, 0.15) is 26.3 Å². The number of rotatable bonds is 5. The van der Waals surface area contributed by atoms with Gasteiger partial charge in [0.15, 0.2) is 5.65 Å². The maximum atomic E-state index is 6.59. The lowest BCUT2D eigenvalue weighted by molar-refractivity contribution is 0.260. The highest BCUT2D eigenvalue weighted by Crippen LogP contribution is 2.34. The van der Waals surface area contributed by atoms with E-state index in [1.165, 1.54) is 5.56 Å². The molecule has 0 bridgehead atoms. The Morgan fingerprint density at radius 1 is 0.853 bits per heavy atom. The number of benzene rings is 2. The van der Waals surface area contributed by atoms with Crippen LogP contribution in [0.25, 0.3) is 22.3 Å². The lowest BCUT2D eigenvalue weighted by Gasteiger charge is -2.34. The minimum absolute atomic E-state index is 0.247. The van der Waals surface area contributed by atoms with Crippen LogP contribution in [-0.2, 0) is 12.0 Å². The predicted octanol–water partition coefficient (Wildman–Crippen LogP) is 4.20. The summed E-state index contributed by atoms with van der Waals surface area (Å²) in [5, 5.41) is 5.63. The van der Waals surface area contributed by atoms with Crippen molar-refractivity contribution >= 4 is 22.8 Å². The van der Waals surface area contributed by atoms with Gasteiger partial charge in [-0.25, -0.2) is 9.67 Å². The summed E-state index contributed by atoms with van der Waals surface area (Å²) in [6.07, 6.45) is 1.07. The quantitative estimate of drug-likeness (QED) is 0.486. The molecular weight excluding hydrogens is 422 g/mol. The van der Waals surface area contributed by atoms with Crippen molar-refractivity contribution in [2.24, 2.45) is 0 Å². The molecule has 176 valence electrons. The van der Waals surface area contributed by atoms with Crippen LogP contribution in [0.15, 0.2) is 60.7 Å². The third kappa shape index (κ3) is 4.48. The minimum Gasteiger partial charge on any atom is -0.383 e. The van der Waals surface area contributed by atoms with Gasteiger partial charge in [-0.05, 0) is 32.8 Å². The highest BCUT2D eigenvalue weighted by atomic mass is 15.4. The molecule has 0 atom stereocenters. The molecule has 7 nitrogen and oxygen atoms in total. The molecule has 34 heavy (non-hydrogen) atoms. The van der Waals surface area contributed by atoms with Crippen LogP contribution in [0.5, 0.6) is 0 Å². The Kier molecular flexibility index (Phi) is 5.96. The molecule has 3 heterocycles. The van der Waals surface area contributed by atoms with E-state index in [1.54, 1.807) is 0 Å². The number of nitrogens with zero attached hydrogens (tertiary/aromatic N) is 6. The number of anilines is 2. The van der Waals surface area contributed by atoms with Crippen LogP contribution in [0.2, 0.25) is 0 Å². The zero-order chi connectivity index (χ0) is 23.7. The smallest absolute Gasteiger partial charge is 0.228 e. The van der Waals surface area contributed by atoms with Crippen molar-refractivity contribution in [2.45, 2.75) is 32.7 Å². The van der Waals surface area contributed by atoms with Crippen LogP contribution >= 0.6 is 0 Å². The molecule has 1 fully saturated rings. The van der Waals surface area contributed by atoms with Gasteiger partial charge in [-0.1, -0.05) is 60.7 Å². The first kappa shape index (κ1) is 22.3. The highest BCUT2D eigenvalue weighted by molar-refractivity contribution is 5.99. The first-order valence-electron chi connectivity index (χ1n) is 12.0. The van der Waals surface area contributed by atoms with Crippen LogP contribution < -0.4 is 10.6 Å². The van der Waals surface area contributed by atoms with E-state index in [0.717, 1.165) is 61.7 Å². The molecular formula is C27H33N7. The Morgan fingerprint density at radius 3 is 2.15 bits per heavy atom. The van der Waals surface area contributed by atoms with E-state index in [1.807, 2.05) is 22.9 Å². The Balaban J connectivity index is 1.42. The average molecular weight is 456 g/mol. The van der Waals surface area contributed by atoms with Crippen molar-refractivity contribution in [1.82, 2.24) is 24.6 Å². The van der Waals surface area contributed by atoms with Gasteiger partial charge < -0.3 is 10.6 Å². The first-order chi connectivity index (χ1) is 16.4. The number of hydrogen-bond acceptors (Lipinski definition) is 6. The molecule has 2 N–H and O–H groups in total. The van der Waals surface area contributed by atoms with Crippen molar-refractivity contribution < 1.29 is 0 Å². The molecule has 0 spiro atoms. The van der Waals surface area contributed by atoms with Gasteiger partial charge in [-0.15, -0.1) is 5.10 Å². The van der Waals surface area contributed by atoms with E-state index in [4.69, 9.17) is 20.8 Å². The fourth-order valence-electron chi connectivity index (χ4n) is 4.56. The van der Waals surface area contributed by atoms with E-state index in [9.17, 15) is 0 Å². The van der Waals surface area contributed by atoms with Gasteiger partial charge in [-0.3, -0.25) is 4.90 Å². The van der Waals surface area contributed by atoms with Crippen LogP contribution in [-0.4, -0.2) is 57.4 Å². The second-order valence-corrected chi connectivity index (χ2v) is 9.97. The van der Waals surface area contributed by atoms with Gasteiger partial charge >= 0.3 is 0 Å². The normalized spacial score (nSPS) is 15.2. The lowest BCUT2D eigenvalue weighted by Crippen LogP contribution is -2.47. The number of fused-ring (bicyclic) bond motifs is 1. The average Bonchev–Trinajstić information content (AvgIpc) is 3.21. The molecule has 1 aliphatic heterocycles. The Hall–Kier alpha value is -3.45. The van der Waals surface area contributed by atoms with E-state index >= 15 is 0 Å². The third-order valence-corrected chi connectivity index (χ3v) is 6.45. The van der Waals surface area contributed by atoms with Gasteiger partial charge in [0.05, 0.1) is 16.6 Å². The number of piperazine rings is 1. The summed E-state index contributed by atoms with van der Waals surface area (Å²) in [6, 6.07) is 20.9. The number of nitrogen functional groups attached to an aromatic ring is 1. The Labute approximate surface area is 201 Å². The van der Waals surface area contributed by atoms with Gasteiger partial charge in [0.1, 0.15) is 5.82 Å². The summed E-state index contributed by atoms with van der Waals surface area (Å²) in [6.45, 7) is 11.1. The van der Waals surface area contributed by atoms with Crippen molar-refractivity contribution in [3.8, 4) is 11.3 Å². The molecule has 2 aromatic carbocycles. The zero-order valence-electron chi connectivity index (χ0n) is 20.3. The molecule has 0 amide bonds. The molecule has 7 heteroatoms. The monoisotopic (exact) mass is 455 g/mol. The number of aromatic nitrogens is 4. The Morgan fingerprint density at radius 2 is 1.50 bits per heavy atom. The second kappa shape index (κ2) is 9.06. The topological polar surface area (TPSA) is 76.1 Å². The van der Waals surface area contributed by atoms with Crippen LogP contribution in [0.4, 0.5) is 11.8 Å². The SMILES string of the molecule is CC(C)(C)n1nc2nc(N3CCN(CCc4ccccc4)CC3)nc(-c3ccccc3)c2c1N. The molecule has 0 radical (unpaired) electrons. The predicted molar refractivity (Wildman–Crippen MR) is 139 cm³/mol. The fourth-order valence-corrected chi connectivity index (χ4v) is 4.56. The standard InChI is InChI=1S/C27H33N7/c1-27(2,3)34-24(28)22-23(21-12-8-5-9-13-21)29-26(30-25(22)31-34)33-18-16-32(17-19-33)15-14-20-10-6-4-7-11-20/h4-13H,14-19,28H2,1-3H3. The molecule has 1 saturated heterocycles. The third-order valence-electron chi connectivity index (χ3n) is 6.45. The molecule has 2 aromatic heterocycles. The van der Waals surface area contributed by atoms with Gasteiger partial charge in [0.2, 0.25) is 5.95 Å². The summed E-state index contributed by atoms with van der Waals surface area (Å²) in [5.74, 6) is 1.34. The molecule has 0 aliphatic carbocycles. The van der Waals surface area contributed by atoms with E-state index in [-0.39, 0.29) is 5.54 Å². The fraction of sp³-hybridized carbons (Fsp3) is 0.370. The second-order valence-electron chi connectivity index (χ2n) is 9.97. The zero-order valence-corrected chi connectivity index (χ0v) is 20.3. The maximum Gasteiger partial charge on any atom is 0.228 e. The van der Waals surface area contributed by atoms with E-state index in [2.05, 4.69) is 73.0 Å². The van der Waals surface area contributed by atoms with Crippen LogP contribution in [0.3, 0.4) is 0 Å². The molecule has 1 aliphatic rings. The summed E-state index contributed by atoms with van der Waals surface area (Å²) < 4.78 is 1.87. The summed E-state index contributed by atoms with van der Waals surface area (Å²) in [5.41, 5.74) is 10.3. The van der Waals surface area contributed by atoms with Crippen molar-refractivity contribution in [3.63, 3.8) is 0 Å². The number of hydrogen-bond donors (Lipinski definition) is 1. The van der Waals surface area contributed by atoms with Crippen molar-refractivity contribution in [2.75, 3.05) is 43.4 Å². The van der Waals surface area contributed by atoms with Crippen molar-refractivity contribution in [1.29, 1.82) is 0 Å². The minimum atomic E-state index is -0.247. The first-order valence-corrected chi connectivity index (χ1v) is 12.0. The molecule has 0 saturated carbocycles. The van der Waals surface area contributed by atoms with Gasteiger partial charge in [0.25, 0.3) is 0 Å². The largest absolute Gasteiger partial charge is 0.383 e. The van der Waals surface area contributed by atoms with E-state index < -0.39 is 0 Å². The lowest BCUT2D eigenvalue weighted by atomic mass is 10.1. The summed E-state index contributed by atoms with van der Waals surface area (Å²) >= 11 is 0. The van der Waals surface area contributed by atoms with Gasteiger partial charge in [0, 0.05) is 38.3 Å². The maximum absolute atomic E-state index is 6.59. The van der Waals surface area contributed by atoms with E-state index in [0.29, 0.717) is 11.5 Å². The van der Waals surface area contributed by atoms with Gasteiger partial charge in [-0.2, -0.15) is 4.98 Å². The molecule has 4 aromatic rings. The Bertz CT molecular complexity index is 1250. The summed E-state index contributed by atoms with van der Waals surface area (Å²) in [4.78, 5) is 14.7. The molecule has 0 unspecified atom stereocenters.